The quantitative estimate of drug-likeness (QED) is 0.540. The summed E-state index contributed by atoms with van der Waals surface area (Å²) in [7, 11) is -1.55. The van der Waals surface area contributed by atoms with Crippen LogP contribution in [0.2, 0.25) is 0 Å². The predicted molar refractivity (Wildman–Crippen MR) is 48.4 cm³/mol. The summed E-state index contributed by atoms with van der Waals surface area (Å²) >= 11 is 0. The molecule has 0 unspecified atom stereocenters. The number of rotatable bonds is 2. The van der Waals surface area contributed by atoms with Crippen LogP contribution < -0.4 is 10.6 Å². The molecule has 2 N–H and O–H groups in total. The Labute approximate surface area is 79.7 Å². The van der Waals surface area contributed by atoms with E-state index in [2.05, 4.69) is 20.6 Å². The van der Waals surface area contributed by atoms with E-state index < -0.39 is 7.12 Å². The van der Waals surface area contributed by atoms with Gasteiger partial charge < -0.3 is 15.1 Å². The average molecular weight is 189 g/mol. The van der Waals surface area contributed by atoms with Gasteiger partial charge in [0.25, 0.3) is 0 Å². The highest BCUT2D eigenvalue weighted by molar-refractivity contribution is 6.60. The minimum atomic E-state index is -1.55. The largest absolute Gasteiger partial charge is 0.489 e. The fourth-order valence-corrected chi connectivity index (χ4v) is 1.18. The van der Waals surface area contributed by atoms with Crippen LogP contribution in [0.3, 0.4) is 0 Å². The Kier molecular flexibility index (Phi) is 2.25. The highest BCUT2D eigenvalue weighted by Crippen LogP contribution is 2.08. The van der Waals surface area contributed by atoms with Gasteiger partial charge in [0.05, 0.1) is 0 Å². The van der Waals surface area contributed by atoms with Crippen molar-refractivity contribution in [3.05, 3.63) is 24.3 Å². The first-order valence-electron chi connectivity index (χ1n) is 3.93. The molecule has 1 aromatic carbocycles. The molecule has 0 aliphatic heterocycles. The van der Waals surface area contributed by atoms with Gasteiger partial charge >= 0.3 is 7.12 Å². The number of nitrogens with zero attached hydrogens (tertiary/aromatic N) is 4. The van der Waals surface area contributed by atoms with E-state index in [9.17, 15) is 0 Å². The predicted octanol–water partition coefficient (Wildman–Crippen LogP) is -1.82. The van der Waals surface area contributed by atoms with Crippen LogP contribution in [-0.2, 0) is 0 Å². The second-order valence-electron chi connectivity index (χ2n) is 2.66. The maximum atomic E-state index is 9.06. The number of benzene rings is 1. The van der Waals surface area contributed by atoms with Crippen molar-refractivity contribution in [3.63, 3.8) is 0 Å². The van der Waals surface area contributed by atoms with E-state index in [4.69, 9.17) is 10.0 Å². The van der Waals surface area contributed by atoms with Crippen LogP contribution >= 0.6 is 0 Å². The Balaban J connectivity index is 2.53. The van der Waals surface area contributed by atoms with Crippen molar-refractivity contribution in [1.82, 2.24) is 20.6 Å². The summed E-state index contributed by atoms with van der Waals surface area (Å²) in [5.74, 6) is 0.286. The standard InChI is InChI=1S/C7H6BN4O2/c13-8(14)6-4-2-1-3-5(6)7-9-11-12-10-7/h1-4,13-14H/q-1. The second kappa shape index (κ2) is 3.56. The minimum absolute atomic E-state index is 0.286. The van der Waals surface area contributed by atoms with E-state index >= 15 is 0 Å². The molecular formula is C7H6BN4O2-. The Morgan fingerprint density at radius 2 is 2.00 bits per heavy atom. The zero-order valence-electron chi connectivity index (χ0n) is 7.07. The lowest BCUT2D eigenvalue weighted by Crippen LogP contribution is -2.31. The highest BCUT2D eigenvalue weighted by atomic mass is 16.4. The summed E-state index contributed by atoms with van der Waals surface area (Å²) in [6.45, 7) is 0. The first-order chi connectivity index (χ1) is 6.79. The summed E-state index contributed by atoms with van der Waals surface area (Å²) in [6.07, 6.45) is 0. The molecule has 0 amide bonds. The Morgan fingerprint density at radius 1 is 1.21 bits per heavy atom. The number of hydrogen-bond donors (Lipinski definition) is 2. The molecule has 0 aliphatic rings. The van der Waals surface area contributed by atoms with Gasteiger partial charge in [-0.15, -0.1) is 0 Å². The minimum Gasteiger partial charge on any atom is -0.423 e. The van der Waals surface area contributed by atoms with Crippen molar-refractivity contribution >= 4 is 12.6 Å². The number of aromatic nitrogens is 4. The lowest BCUT2D eigenvalue weighted by molar-refractivity contribution is 0.426. The molecule has 0 saturated heterocycles. The monoisotopic (exact) mass is 189 g/mol. The lowest BCUT2D eigenvalue weighted by atomic mass is 9.77. The van der Waals surface area contributed by atoms with Gasteiger partial charge in [-0.25, -0.2) is 0 Å². The van der Waals surface area contributed by atoms with E-state index in [1.807, 2.05) is 0 Å². The molecule has 2 aromatic rings. The van der Waals surface area contributed by atoms with Crippen LogP contribution in [-0.4, -0.2) is 32.7 Å². The van der Waals surface area contributed by atoms with Gasteiger partial charge in [0.2, 0.25) is 0 Å². The van der Waals surface area contributed by atoms with Crippen LogP contribution in [0.15, 0.2) is 24.3 Å². The normalized spacial score (nSPS) is 10.1. The zero-order chi connectivity index (χ0) is 9.97. The van der Waals surface area contributed by atoms with E-state index in [0.29, 0.717) is 11.0 Å². The molecule has 0 spiro atoms. The fraction of sp³-hybridized carbons (Fsp3) is 0. The molecule has 0 aliphatic carbocycles. The molecule has 0 radical (unpaired) electrons. The molecule has 1 heterocycles. The molecule has 0 saturated carbocycles. The zero-order valence-corrected chi connectivity index (χ0v) is 7.07. The highest BCUT2D eigenvalue weighted by Gasteiger charge is 2.15. The van der Waals surface area contributed by atoms with Crippen molar-refractivity contribution < 1.29 is 10.0 Å². The van der Waals surface area contributed by atoms with E-state index in [1.165, 1.54) is 0 Å². The third kappa shape index (κ3) is 1.50. The van der Waals surface area contributed by atoms with Gasteiger partial charge in [-0.1, -0.05) is 24.3 Å². The van der Waals surface area contributed by atoms with Crippen LogP contribution in [0.25, 0.3) is 11.4 Å². The van der Waals surface area contributed by atoms with Gasteiger partial charge in [0, 0.05) is 5.82 Å². The molecule has 0 bridgehead atoms. The Bertz CT molecular complexity index is 417. The van der Waals surface area contributed by atoms with Crippen LogP contribution in [0.4, 0.5) is 0 Å². The summed E-state index contributed by atoms with van der Waals surface area (Å²) in [5, 5.41) is 32.0. The molecule has 2 rings (SSSR count). The third-order valence-electron chi connectivity index (χ3n) is 1.80. The van der Waals surface area contributed by atoms with Gasteiger partial charge in [0.1, 0.15) is 0 Å². The first-order valence-corrected chi connectivity index (χ1v) is 3.93. The average Bonchev–Trinajstić information content (AvgIpc) is 2.70. The molecular weight excluding hydrogens is 183 g/mol. The Hall–Kier alpha value is -1.73. The number of tetrazole rings is 1. The van der Waals surface area contributed by atoms with Gasteiger partial charge in [0.15, 0.2) is 0 Å². The van der Waals surface area contributed by atoms with Crippen molar-refractivity contribution in [2.45, 2.75) is 0 Å². The van der Waals surface area contributed by atoms with E-state index in [0.717, 1.165) is 0 Å². The Morgan fingerprint density at radius 3 is 2.64 bits per heavy atom. The number of hydrogen-bond acceptors (Lipinski definition) is 5. The molecule has 7 heteroatoms. The molecule has 0 fully saturated rings. The SMILES string of the molecule is OB(O)c1ccccc1-c1nnn[n-]1. The van der Waals surface area contributed by atoms with Gasteiger partial charge in [-0.3, -0.25) is 10.3 Å². The molecule has 6 nitrogen and oxygen atoms in total. The van der Waals surface area contributed by atoms with Crippen LogP contribution in [0.1, 0.15) is 0 Å². The van der Waals surface area contributed by atoms with Crippen LogP contribution in [0, 0.1) is 0 Å². The molecule has 14 heavy (non-hydrogen) atoms. The lowest BCUT2D eigenvalue weighted by Gasteiger charge is -2.07. The topological polar surface area (TPSA) is 93.2 Å². The van der Waals surface area contributed by atoms with Crippen molar-refractivity contribution in [1.29, 1.82) is 0 Å². The summed E-state index contributed by atoms with van der Waals surface area (Å²) < 4.78 is 0. The summed E-state index contributed by atoms with van der Waals surface area (Å²) in [6, 6.07) is 6.70. The van der Waals surface area contributed by atoms with Crippen molar-refractivity contribution in [2.75, 3.05) is 0 Å². The van der Waals surface area contributed by atoms with E-state index in [1.54, 1.807) is 24.3 Å². The summed E-state index contributed by atoms with van der Waals surface area (Å²) in [5.41, 5.74) is 0.856. The molecule has 1 aromatic heterocycles. The molecule has 0 atom stereocenters. The van der Waals surface area contributed by atoms with Crippen molar-refractivity contribution in [3.8, 4) is 11.4 Å². The molecule has 70 valence electrons. The maximum absolute atomic E-state index is 9.06. The third-order valence-corrected chi connectivity index (χ3v) is 1.80. The van der Waals surface area contributed by atoms with Crippen LogP contribution in [0.5, 0.6) is 0 Å². The fourth-order valence-electron chi connectivity index (χ4n) is 1.18. The smallest absolute Gasteiger partial charge is 0.423 e. The maximum Gasteiger partial charge on any atom is 0.489 e. The van der Waals surface area contributed by atoms with Gasteiger partial charge in [-0.05, 0) is 11.0 Å². The van der Waals surface area contributed by atoms with Crippen molar-refractivity contribution in [2.24, 2.45) is 0 Å². The van der Waals surface area contributed by atoms with E-state index in [-0.39, 0.29) is 5.82 Å². The first kappa shape index (κ1) is 8.85. The van der Waals surface area contributed by atoms with Gasteiger partial charge in [-0.2, -0.15) is 5.21 Å². The summed E-state index contributed by atoms with van der Waals surface area (Å²) in [4.78, 5) is 0. The second-order valence-corrected chi connectivity index (χ2v) is 2.66.